The molecule has 0 aliphatic heterocycles. The quantitative estimate of drug-likeness (QED) is 0.114. The number of fused-ring (bicyclic) bond motifs is 24. The first-order valence-electron chi connectivity index (χ1n) is 45.3. The second-order valence-corrected chi connectivity index (χ2v) is 35.1. The van der Waals surface area contributed by atoms with E-state index in [0.29, 0.717) is 0 Å². The molecule has 132 heavy (non-hydrogen) atoms. The maximum absolute atomic E-state index is 6.77. The van der Waals surface area contributed by atoms with Crippen LogP contribution in [0, 0.1) is 0 Å². The highest BCUT2D eigenvalue weighted by molar-refractivity contribution is 6.19. The van der Waals surface area contributed by atoms with Crippen LogP contribution in [0.15, 0.2) is 491 Å². The molecule has 0 unspecified atom stereocenters. The average Bonchev–Trinajstić information content (AvgIpc) is 1.53. The molecular formula is C126H78N2O4. The first kappa shape index (κ1) is 74.9. The number of rotatable bonds is 12. The third-order valence-electron chi connectivity index (χ3n) is 28.2. The lowest BCUT2D eigenvalue weighted by molar-refractivity contribution is 0.668. The molecule has 6 heteroatoms. The van der Waals surface area contributed by atoms with Gasteiger partial charge in [0, 0.05) is 101 Å². The van der Waals surface area contributed by atoms with Crippen molar-refractivity contribution in [2.45, 2.75) is 10.8 Å². The molecule has 26 aromatic rings. The second kappa shape index (κ2) is 29.6. The number of hydrogen-bond acceptors (Lipinski definition) is 6. The van der Waals surface area contributed by atoms with Crippen LogP contribution < -0.4 is 9.80 Å². The Morgan fingerprint density at radius 2 is 0.417 bits per heavy atom. The van der Waals surface area contributed by atoms with E-state index in [2.05, 4.69) is 459 Å². The fourth-order valence-corrected chi connectivity index (χ4v) is 22.4. The zero-order valence-corrected chi connectivity index (χ0v) is 71.6. The second-order valence-electron chi connectivity index (χ2n) is 35.1. The molecule has 4 heterocycles. The van der Waals surface area contributed by atoms with Crippen LogP contribution in [0.4, 0.5) is 34.1 Å². The highest BCUT2D eigenvalue weighted by Crippen LogP contribution is 2.60. The highest BCUT2D eigenvalue weighted by Gasteiger charge is 2.48. The van der Waals surface area contributed by atoms with Crippen LogP contribution in [0.5, 0.6) is 0 Å². The van der Waals surface area contributed by atoms with Crippen molar-refractivity contribution >= 4 is 165 Å². The number of nitrogens with zero attached hydrogens (tertiary/aromatic N) is 2. The summed E-state index contributed by atoms with van der Waals surface area (Å²) in [6.07, 6.45) is 0. The molecule has 0 atom stereocenters. The fraction of sp³-hybridized carbons (Fsp3) is 0.0159. The highest BCUT2D eigenvalue weighted by atomic mass is 16.3. The molecule has 6 nitrogen and oxygen atoms in total. The molecular weight excluding hydrogens is 1610 g/mol. The van der Waals surface area contributed by atoms with Crippen molar-refractivity contribution in [1.82, 2.24) is 0 Å². The lowest BCUT2D eigenvalue weighted by Gasteiger charge is -2.33. The number of hydrogen-bond donors (Lipinski definition) is 0. The SMILES string of the molecule is c1ccc(C2(c3ccccc3)c3ccccc3-c3cc(-c4ccc5oc6cc(N(c7ccc8c(c7)oc7ccccc78)c7cc8ccccc8c8ccccc78)ccc6c5c4)ccc32)cc1.c1ccc(C2(c3ccccc3)c3ccccc3-c3cc(-c4ccc5oc6cc(N(c7ccc8c(c7)oc7ccccc78)c7cc8ccccc8c8ccccc78)ccc6c5c4)ccc32)cc1. The normalized spacial score (nSPS) is 13.0. The molecule has 0 bridgehead atoms. The molecule has 0 saturated carbocycles. The molecule has 22 aromatic carbocycles. The summed E-state index contributed by atoms with van der Waals surface area (Å²) in [5.41, 5.74) is 32.1. The average molecular weight is 1680 g/mol. The summed E-state index contributed by atoms with van der Waals surface area (Å²) in [5, 5.41) is 18.3. The van der Waals surface area contributed by atoms with Gasteiger partial charge >= 0.3 is 0 Å². The van der Waals surface area contributed by atoms with Crippen LogP contribution in [0.2, 0.25) is 0 Å². The Hall–Kier alpha value is -17.3. The van der Waals surface area contributed by atoms with E-state index in [9.17, 15) is 0 Å². The first-order valence-corrected chi connectivity index (χ1v) is 45.3. The van der Waals surface area contributed by atoms with Gasteiger partial charge in [-0.25, -0.2) is 0 Å². The van der Waals surface area contributed by atoms with Crippen LogP contribution in [0.1, 0.15) is 44.5 Å². The van der Waals surface area contributed by atoms with Gasteiger partial charge < -0.3 is 27.5 Å². The fourth-order valence-electron chi connectivity index (χ4n) is 22.4. The van der Waals surface area contributed by atoms with Gasteiger partial charge in [-0.05, 0) is 231 Å². The molecule has 2 aliphatic carbocycles. The molecule has 4 aromatic heterocycles. The minimum atomic E-state index is -0.430. The molecule has 0 radical (unpaired) electrons. The summed E-state index contributed by atoms with van der Waals surface area (Å²) in [4.78, 5) is 4.71. The van der Waals surface area contributed by atoms with Crippen molar-refractivity contribution in [3.63, 3.8) is 0 Å². The van der Waals surface area contributed by atoms with Gasteiger partial charge in [0.1, 0.15) is 44.7 Å². The van der Waals surface area contributed by atoms with Gasteiger partial charge in [0.2, 0.25) is 0 Å². The molecule has 0 spiro atoms. The predicted octanol–water partition coefficient (Wildman–Crippen LogP) is 34.6. The number of furan rings is 4. The van der Waals surface area contributed by atoms with E-state index in [0.717, 1.165) is 144 Å². The van der Waals surface area contributed by atoms with Gasteiger partial charge in [-0.15, -0.1) is 0 Å². The van der Waals surface area contributed by atoms with E-state index in [1.54, 1.807) is 0 Å². The van der Waals surface area contributed by atoms with Gasteiger partial charge in [-0.3, -0.25) is 0 Å². The smallest absolute Gasteiger partial charge is 0.137 e. The third kappa shape index (κ3) is 11.4. The van der Waals surface area contributed by atoms with Crippen LogP contribution in [-0.4, -0.2) is 0 Å². The van der Waals surface area contributed by atoms with Gasteiger partial charge in [0.05, 0.1) is 22.2 Å². The number of benzene rings is 22. The third-order valence-corrected chi connectivity index (χ3v) is 28.2. The molecule has 0 fully saturated rings. The molecule has 2 aliphatic rings. The Labute approximate surface area is 760 Å². The van der Waals surface area contributed by atoms with Crippen LogP contribution in [0.25, 0.3) is 175 Å². The summed E-state index contributed by atoms with van der Waals surface area (Å²) < 4.78 is 26.5. The van der Waals surface area contributed by atoms with Crippen molar-refractivity contribution in [3.8, 4) is 44.5 Å². The van der Waals surface area contributed by atoms with Crippen LogP contribution in [0.3, 0.4) is 0 Å². The molecule has 0 amide bonds. The monoisotopic (exact) mass is 1680 g/mol. The van der Waals surface area contributed by atoms with E-state index < -0.39 is 10.8 Å². The molecule has 0 N–H and O–H groups in total. The van der Waals surface area contributed by atoms with Crippen molar-refractivity contribution in [1.29, 1.82) is 0 Å². The zero-order valence-electron chi connectivity index (χ0n) is 71.6. The summed E-state index contributed by atoms with van der Waals surface area (Å²) in [5.74, 6) is 0. The Morgan fingerprint density at radius 1 is 0.152 bits per heavy atom. The lowest BCUT2D eigenvalue weighted by atomic mass is 9.67. The molecule has 28 rings (SSSR count). The Kier molecular flexibility index (Phi) is 16.8. The minimum absolute atomic E-state index is 0.430. The predicted molar refractivity (Wildman–Crippen MR) is 547 cm³/mol. The van der Waals surface area contributed by atoms with Crippen molar-refractivity contribution in [3.05, 3.63) is 518 Å². The number of anilines is 6. The zero-order chi connectivity index (χ0) is 86.7. The molecule has 0 saturated heterocycles. The van der Waals surface area contributed by atoms with E-state index in [-0.39, 0.29) is 0 Å². The van der Waals surface area contributed by atoms with Gasteiger partial charge in [0.15, 0.2) is 0 Å². The maximum atomic E-state index is 6.77. The lowest BCUT2D eigenvalue weighted by Crippen LogP contribution is -2.28. The van der Waals surface area contributed by atoms with Crippen LogP contribution in [-0.2, 0) is 10.8 Å². The van der Waals surface area contributed by atoms with E-state index >= 15 is 0 Å². The van der Waals surface area contributed by atoms with E-state index in [4.69, 9.17) is 17.7 Å². The van der Waals surface area contributed by atoms with Crippen molar-refractivity contribution < 1.29 is 17.7 Å². The summed E-state index contributed by atoms with van der Waals surface area (Å²) in [6.45, 7) is 0. The topological polar surface area (TPSA) is 59.0 Å². The minimum Gasteiger partial charge on any atom is -0.456 e. The van der Waals surface area contributed by atoms with Crippen molar-refractivity contribution in [2.24, 2.45) is 0 Å². The summed E-state index contributed by atoms with van der Waals surface area (Å²) >= 11 is 0. The van der Waals surface area contributed by atoms with Crippen molar-refractivity contribution in [2.75, 3.05) is 9.80 Å². The Morgan fingerprint density at radius 3 is 0.788 bits per heavy atom. The van der Waals surface area contributed by atoms with E-state index in [1.165, 1.54) is 110 Å². The van der Waals surface area contributed by atoms with Gasteiger partial charge in [-0.2, -0.15) is 0 Å². The van der Waals surface area contributed by atoms with Crippen LogP contribution >= 0.6 is 0 Å². The Balaban J connectivity index is 0.000000135. The van der Waals surface area contributed by atoms with Gasteiger partial charge in [0.25, 0.3) is 0 Å². The summed E-state index contributed by atoms with van der Waals surface area (Å²) in [7, 11) is 0. The number of para-hydroxylation sites is 2. The first-order chi connectivity index (χ1) is 65.4. The largest absolute Gasteiger partial charge is 0.456 e. The maximum Gasteiger partial charge on any atom is 0.137 e. The Bertz CT molecular complexity index is 8590. The van der Waals surface area contributed by atoms with Gasteiger partial charge in [-0.1, -0.05) is 340 Å². The standard InChI is InChI=1S/2C63H39NO2/c2*1-3-16-43(17-4-1)63(44-18-5-2-6-19-44)56-25-13-11-22-49(56)54-35-40(27-33-57(54)63)41-28-34-60-55(36-41)53-32-30-46(39-62(53)66-60)64(45-29-31-52-51-24-12-14-26-59(51)65-61(52)38-45)58-37-42-15-7-8-20-47(42)48-21-9-10-23-50(48)58/h2*1-39H. The molecule has 616 valence electrons. The summed E-state index contributed by atoms with van der Waals surface area (Å²) in [6, 6.07) is 172. The van der Waals surface area contributed by atoms with E-state index in [1.807, 2.05) is 24.3 Å².